The Balaban J connectivity index is 1.36. The number of fused-ring (bicyclic) bond motifs is 1. The van der Waals surface area contributed by atoms with E-state index in [1.165, 1.54) is 11.3 Å². The molecule has 0 aliphatic heterocycles. The Kier molecular flexibility index (Phi) is 4.14. The van der Waals surface area contributed by atoms with Crippen LogP contribution in [0.3, 0.4) is 0 Å². The number of urea groups is 1. The van der Waals surface area contributed by atoms with Crippen LogP contribution in [0.1, 0.15) is 5.56 Å². The number of anilines is 1. The molecule has 124 valence electrons. The van der Waals surface area contributed by atoms with Gasteiger partial charge in [-0.3, -0.25) is 5.32 Å². The fraction of sp³-hybridized carbons (Fsp3) is 0.0556. The molecular formula is C18H15N5OS. The van der Waals surface area contributed by atoms with E-state index >= 15 is 0 Å². The van der Waals surface area contributed by atoms with Crippen LogP contribution in [0, 0.1) is 0 Å². The van der Waals surface area contributed by atoms with Gasteiger partial charge in [0.2, 0.25) is 0 Å². The van der Waals surface area contributed by atoms with Crippen molar-refractivity contribution in [1.29, 1.82) is 0 Å². The molecule has 4 aromatic rings. The molecule has 2 aromatic heterocycles. The van der Waals surface area contributed by atoms with Crippen LogP contribution in [-0.2, 0) is 6.54 Å². The number of aromatic nitrogens is 3. The molecule has 0 aliphatic carbocycles. The average molecular weight is 349 g/mol. The van der Waals surface area contributed by atoms with Gasteiger partial charge in [-0.05, 0) is 24.3 Å². The van der Waals surface area contributed by atoms with Crippen molar-refractivity contribution >= 4 is 32.7 Å². The predicted molar refractivity (Wildman–Crippen MR) is 99.0 cm³/mol. The third kappa shape index (κ3) is 3.51. The number of nitrogens with one attached hydrogen (secondary N) is 2. The van der Waals surface area contributed by atoms with Gasteiger partial charge in [-0.1, -0.05) is 41.7 Å². The number of hydrogen-bond donors (Lipinski definition) is 2. The molecule has 2 N–H and O–H groups in total. The van der Waals surface area contributed by atoms with E-state index < -0.39 is 0 Å². The molecule has 25 heavy (non-hydrogen) atoms. The number of benzene rings is 2. The topological polar surface area (TPSA) is 71.8 Å². The second kappa shape index (κ2) is 6.74. The molecular weight excluding hydrogens is 334 g/mol. The van der Waals surface area contributed by atoms with E-state index in [2.05, 4.69) is 20.7 Å². The molecule has 6 nitrogen and oxygen atoms in total. The molecule has 0 saturated carbocycles. The van der Waals surface area contributed by atoms with Crippen LogP contribution in [0.25, 0.3) is 15.9 Å². The number of amides is 2. The molecule has 0 saturated heterocycles. The standard InChI is InChI=1S/C18H15N5OS/c24-17(22-18-21-15-8-4-5-9-16(15)25-18)19-10-13-11-20-23(12-13)14-6-2-1-3-7-14/h1-9,11-12H,10H2,(H2,19,21,22,24). The number of rotatable bonds is 4. The van der Waals surface area contributed by atoms with Gasteiger partial charge in [-0.15, -0.1) is 0 Å². The first-order valence-electron chi connectivity index (χ1n) is 7.77. The number of carbonyl (C=O) groups excluding carboxylic acids is 1. The van der Waals surface area contributed by atoms with Crippen LogP contribution in [0.2, 0.25) is 0 Å². The molecule has 2 heterocycles. The Morgan fingerprint density at radius 3 is 2.72 bits per heavy atom. The summed E-state index contributed by atoms with van der Waals surface area (Å²) >= 11 is 1.45. The summed E-state index contributed by atoms with van der Waals surface area (Å²) in [5.74, 6) is 0. The molecule has 0 radical (unpaired) electrons. The van der Waals surface area contributed by atoms with Crippen molar-refractivity contribution in [3.05, 3.63) is 72.6 Å². The van der Waals surface area contributed by atoms with Crippen LogP contribution < -0.4 is 10.6 Å². The average Bonchev–Trinajstić information content (AvgIpc) is 3.27. The van der Waals surface area contributed by atoms with Crippen molar-refractivity contribution in [2.45, 2.75) is 6.54 Å². The van der Waals surface area contributed by atoms with Crippen LogP contribution in [0.4, 0.5) is 9.93 Å². The molecule has 0 bridgehead atoms. The zero-order valence-electron chi connectivity index (χ0n) is 13.2. The molecule has 0 aliphatic rings. The predicted octanol–water partition coefficient (Wildman–Crippen LogP) is 3.80. The maximum atomic E-state index is 12.1. The van der Waals surface area contributed by atoms with E-state index in [1.807, 2.05) is 60.8 Å². The van der Waals surface area contributed by atoms with E-state index in [1.54, 1.807) is 10.9 Å². The van der Waals surface area contributed by atoms with E-state index in [4.69, 9.17) is 0 Å². The van der Waals surface area contributed by atoms with Crippen molar-refractivity contribution in [1.82, 2.24) is 20.1 Å². The largest absolute Gasteiger partial charge is 0.334 e. The minimum atomic E-state index is -0.286. The Labute approximate surface area is 148 Å². The lowest BCUT2D eigenvalue weighted by Gasteiger charge is -2.03. The summed E-state index contributed by atoms with van der Waals surface area (Å²) in [6.45, 7) is 0.392. The first kappa shape index (κ1) is 15.3. The van der Waals surface area contributed by atoms with Crippen LogP contribution in [0.5, 0.6) is 0 Å². The summed E-state index contributed by atoms with van der Waals surface area (Å²) < 4.78 is 2.82. The van der Waals surface area contributed by atoms with Crippen LogP contribution in [-0.4, -0.2) is 20.8 Å². The van der Waals surface area contributed by atoms with Crippen molar-refractivity contribution in [2.24, 2.45) is 0 Å². The van der Waals surface area contributed by atoms with Crippen molar-refractivity contribution in [3.63, 3.8) is 0 Å². The summed E-state index contributed by atoms with van der Waals surface area (Å²) in [5.41, 5.74) is 2.78. The highest BCUT2D eigenvalue weighted by Gasteiger charge is 2.08. The van der Waals surface area contributed by atoms with Crippen molar-refractivity contribution < 1.29 is 4.79 Å². The lowest BCUT2D eigenvalue weighted by atomic mass is 10.3. The summed E-state index contributed by atoms with van der Waals surface area (Å²) in [6.07, 6.45) is 3.64. The Hall–Kier alpha value is -3.19. The van der Waals surface area contributed by atoms with E-state index in [-0.39, 0.29) is 6.03 Å². The van der Waals surface area contributed by atoms with Crippen molar-refractivity contribution in [3.8, 4) is 5.69 Å². The molecule has 0 unspecified atom stereocenters. The van der Waals surface area contributed by atoms with Gasteiger partial charge >= 0.3 is 6.03 Å². The smallest absolute Gasteiger partial charge is 0.321 e. The lowest BCUT2D eigenvalue weighted by Crippen LogP contribution is -2.27. The van der Waals surface area contributed by atoms with Gasteiger partial charge in [0, 0.05) is 18.3 Å². The van der Waals surface area contributed by atoms with Gasteiger partial charge in [-0.2, -0.15) is 5.10 Å². The highest BCUT2D eigenvalue weighted by molar-refractivity contribution is 7.22. The highest BCUT2D eigenvalue weighted by atomic mass is 32.1. The number of hydrogen-bond acceptors (Lipinski definition) is 4. The maximum absolute atomic E-state index is 12.1. The number of para-hydroxylation sites is 2. The van der Waals surface area contributed by atoms with Crippen LogP contribution in [0.15, 0.2) is 67.0 Å². The normalized spacial score (nSPS) is 10.7. The molecule has 0 fully saturated rings. The molecule has 0 atom stereocenters. The maximum Gasteiger partial charge on any atom is 0.321 e. The first-order valence-corrected chi connectivity index (χ1v) is 8.59. The lowest BCUT2D eigenvalue weighted by molar-refractivity contribution is 0.251. The Morgan fingerprint density at radius 2 is 1.88 bits per heavy atom. The Morgan fingerprint density at radius 1 is 1.08 bits per heavy atom. The second-order valence-corrected chi connectivity index (χ2v) is 6.45. The summed E-state index contributed by atoms with van der Waals surface area (Å²) in [7, 11) is 0. The minimum Gasteiger partial charge on any atom is -0.334 e. The van der Waals surface area contributed by atoms with Gasteiger partial charge in [0.25, 0.3) is 0 Å². The third-order valence-electron chi connectivity index (χ3n) is 3.62. The fourth-order valence-electron chi connectivity index (χ4n) is 2.42. The number of nitrogens with zero attached hydrogens (tertiary/aromatic N) is 3. The van der Waals surface area contributed by atoms with Gasteiger partial charge in [0.1, 0.15) is 0 Å². The van der Waals surface area contributed by atoms with E-state index in [0.717, 1.165) is 21.5 Å². The van der Waals surface area contributed by atoms with Crippen LogP contribution >= 0.6 is 11.3 Å². The number of carbonyl (C=O) groups is 1. The van der Waals surface area contributed by atoms with Gasteiger partial charge in [0.15, 0.2) is 5.13 Å². The molecule has 4 rings (SSSR count). The summed E-state index contributed by atoms with van der Waals surface area (Å²) in [4.78, 5) is 16.4. The SMILES string of the molecule is O=C(NCc1cnn(-c2ccccc2)c1)Nc1nc2ccccc2s1. The minimum absolute atomic E-state index is 0.286. The highest BCUT2D eigenvalue weighted by Crippen LogP contribution is 2.25. The van der Waals surface area contributed by atoms with Gasteiger partial charge < -0.3 is 5.32 Å². The monoisotopic (exact) mass is 349 g/mol. The van der Waals surface area contributed by atoms with E-state index in [0.29, 0.717) is 11.7 Å². The zero-order valence-corrected chi connectivity index (χ0v) is 14.0. The molecule has 2 aromatic carbocycles. The Bertz CT molecular complexity index is 975. The summed E-state index contributed by atoms with van der Waals surface area (Å²) in [5, 5.41) is 10.5. The van der Waals surface area contributed by atoms with Gasteiger partial charge in [0.05, 0.1) is 22.1 Å². The quantitative estimate of drug-likeness (QED) is 0.588. The molecule has 2 amide bonds. The van der Waals surface area contributed by atoms with Gasteiger partial charge in [-0.25, -0.2) is 14.5 Å². The number of thiazole rings is 1. The molecule has 0 spiro atoms. The third-order valence-corrected chi connectivity index (χ3v) is 4.58. The van der Waals surface area contributed by atoms with Crippen molar-refractivity contribution in [2.75, 3.05) is 5.32 Å². The second-order valence-electron chi connectivity index (χ2n) is 5.42. The first-order chi connectivity index (χ1) is 12.3. The zero-order chi connectivity index (χ0) is 17.1. The molecule has 7 heteroatoms. The summed E-state index contributed by atoms with van der Waals surface area (Å²) in [6, 6.07) is 17.3. The fourth-order valence-corrected chi connectivity index (χ4v) is 3.28. The van der Waals surface area contributed by atoms with E-state index in [9.17, 15) is 4.79 Å².